The monoisotopic (exact) mass is 583 g/mol. The minimum Gasteiger partial charge on any atom is -0.508 e. The fourth-order valence-electron chi connectivity index (χ4n) is 4.64. The Morgan fingerprint density at radius 3 is 1.93 bits per heavy atom. The molecule has 4 N–H and O–H groups in total. The van der Waals surface area contributed by atoms with E-state index in [0.717, 1.165) is 37.7 Å². The molecule has 0 aromatic heterocycles. The zero-order chi connectivity index (χ0) is 31.3. The van der Waals surface area contributed by atoms with Crippen molar-refractivity contribution in [3.63, 3.8) is 0 Å². The van der Waals surface area contributed by atoms with Crippen molar-refractivity contribution in [3.8, 4) is 11.5 Å². The molecule has 0 radical (unpaired) electrons. The summed E-state index contributed by atoms with van der Waals surface area (Å²) in [5.74, 6) is -0.647. The van der Waals surface area contributed by atoms with Crippen molar-refractivity contribution in [3.05, 3.63) is 59.7 Å². The van der Waals surface area contributed by atoms with E-state index in [9.17, 15) is 24.6 Å². The summed E-state index contributed by atoms with van der Waals surface area (Å²) in [5.41, 5.74) is 0.487. The fourth-order valence-corrected chi connectivity index (χ4v) is 4.64. The summed E-state index contributed by atoms with van der Waals surface area (Å²) in [6.07, 6.45) is 5.33. The number of unbranched alkanes of at least 4 members (excludes halogenated alkanes) is 5. The first-order chi connectivity index (χ1) is 19.8. The minimum absolute atomic E-state index is 0.0485. The van der Waals surface area contributed by atoms with Gasteiger partial charge < -0.3 is 30.5 Å². The molecule has 0 aliphatic heterocycles. The van der Waals surface area contributed by atoms with Crippen molar-refractivity contribution < 1.29 is 29.3 Å². The van der Waals surface area contributed by atoms with Crippen LogP contribution in [0, 0.1) is 0 Å². The van der Waals surface area contributed by atoms with Gasteiger partial charge in [-0.2, -0.15) is 0 Å². The fraction of sp³-hybridized carbons (Fsp3) is 0.545. The molecular formula is C33H49N3O6. The van der Waals surface area contributed by atoms with E-state index in [2.05, 4.69) is 17.6 Å². The smallest absolute Gasteiger partial charge is 0.408 e. The van der Waals surface area contributed by atoms with Crippen LogP contribution in [0.3, 0.4) is 0 Å². The average molecular weight is 584 g/mol. The molecular weight excluding hydrogens is 534 g/mol. The van der Waals surface area contributed by atoms with Gasteiger partial charge in [0.2, 0.25) is 11.8 Å². The lowest BCUT2D eigenvalue weighted by molar-refractivity contribution is -0.142. The summed E-state index contributed by atoms with van der Waals surface area (Å²) in [7, 11) is 0. The third kappa shape index (κ3) is 12.0. The number of aromatic hydroxyl groups is 2. The second kappa shape index (κ2) is 16.6. The van der Waals surface area contributed by atoms with Crippen molar-refractivity contribution in [1.29, 1.82) is 0 Å². The first-order valence-corrected chi connectivity index (χ1v) is 15.0. The second-order valence-electron chi connectivity index (χ2n) is 12.0. The van der Waals surface area contributed by atoms with Crippen LogP contribution in [0.1, 0.15) is 97.2 Å². The van der Waals surface area contributed by atoms with E-state index in [-0.39, 0.29) is 29.9 Å². The van der Waals surface area contributed by atoms with E-state index in [1.807, 2.05) is 13.8 Å². The molecule has 2 aromatic carbocycles. The molecule has 3 amide bonds. The van der Waals surface area contributed by atoms with Gasteiger partial charge in [0.05, 0.1) is 0 Å². The standard InChI is InChI=1S/C33H49N3O6/c1-7-8-9-10-11-12-21-36(29(30(39)34-23(2)3)25-15-19-27(38)20-16-25)31(40)28(35-32(41)42-33(4,5)6)22-24-13-17-26(37)18-14-24/h13-20,23,28-29,37-38H,7-12,21-22H2,1-6H3,(H,34,39)(H,35,41). The minimum atomic E-state index is -1.05. The Hall–Kier alpha value is -3.75. The summed E-state index contributed by atoms with van der Waals surface area (Å²) in [6.45, 7) is 11.4. The Balaban J connectivity index is 2.51. The maximum Gasteiger partial charge on any atom is 0.408 e. The molecule has 42 heavy (non-hydrogen) atoms. The zero-order valence-corrected chi connectivity index (χ0v) is 26.0. The lowest BCUT2D eigenvalue weighted by atomic mass is 9.99. The van der Waals surface area contributed by atoms with E-state index >= 15 is 0 Å². The number of nitrogens with zero attached hydrogens (tertiary/aromatic N) is 1. The highest BCUT2D eigenvalue weighted by atomic mass is 16.6. The normalized spacial score (nSPS) is 12.8. The Kier molecular flexibility index (Phi) is 13.6. The number of amides is 3. The third-order valence-corrected chi connectivity index (χ3v) is 6.60. The van der Waals surface area contributed by atoms with Gasteiger partial charge in [0.25, 0.3) is 0 Å². The molecule has 2 rings (SSSR count). The lowest BCUT2D eigenvalue weighted by Crippen LogP contribution is -2.54. The summed E-state index contributed by atoms with van der Waals surface area (Å²) < 4.78 is 5.48. The molecule has 9 heteroatoms. The van der Waals surface area contributed by atoms with Gasteiger partial charge in [-0.05, 0) is 76.4 Å². The largest absolute Gasteiger partial charge is 0.508 e. The molecule has 232 valence electrons. The first kappa shape index (κ1) is 34.5. The van der Waals surface area contributed by atoms with Gasteiger partial charge in [0.1, 0.15) is 29.2 Å². The van der Waals surface area contributed by atoms with Crippen LogP contribution in [0.5, 0.6) is 11.5 Å². The van der Waals surface area contributed by atoms with Crippen LogP contribution < -0.4 is 10.6 Å². The van der Waals surface area contributed by atoms with Gasteiger partial charge in [-0.25, -0.2) is 4.79 Å². The molecule has 0 saturated carbocycles. The van der Waals surface area contributed by atoms with E-state index in [0.29, 0.717) is 18.5 Å². The predicted molar refractivity (Wildman–Crippen MR) is 164 cm³/mol. The SMILES string of the molecule is CCCCCCCCN(C(=O)C(Cc1ccc(O)cc1)NC(=O)OC(C)(C)C)C(C(=O)NC(C)C)c1ccc(O)cc1. The van der Waals surface area contributed by atoms with Crippen LogP contribution in [-0.4, -0.2) is 57.3 Å². The van der Waals surface area contributed by atoms with Crippen molar-refractivity contribution in [2.75, 3.05) is 6.54 Å². The number of phenolic OH excluding ortho intramolecular Hbond substituents is 2. The van der Waals surface area contributed by atoms with Crippen molar-refractivity contribution in [2.24, 2.45) is 0 Å². The Morgan fingerprint density at radius 2 is 1.38 bits per heavy atom. The number of alkyl carbamates (subject to hydrolysis) is 1. The molecule has 2 unspecified atom stereocenters. The number of nitrogens with one attached hydrogen (secondary N) is 2. The highest BCUT2D eigenvalue weighted by Crippen LogP contribution is 2.26. The van der Waals surface area contributed by atoms with Crippen LogP contribution >= 0.6 is 0 Å². The molecule has 2 aromatic rings. The number of rotatable bonds is 15. The highest BCUT2D eigenvalue weighted by Gasteiger charge is 2.36. The van der Waals surface area contributed by atoms with Crippen molar-refractivity contribution in [2.45, 2.75) is 110 Å². The highest BCUT2D eigenvalue weighted by molar-refractivity contribution is 5.92. The number of hydrogen-bond acceptors (Lipinski definition) is 6. The summed E-state index contributed by atoms with van der Waals surface area (Å²) in [5, 5.41) is 25.4. The van der Waals surface area contributed by atoms with Gasteiger partial charge in [0.15, 0.2) is 0 Å². The van der Waals surface area contributed by atoms with Crippen molar-refractivity contribution >= 4 is 17.9 Å². The van der Waals surface area contributed by atoms with Crippen LogP contribution in [0.15, 0.2) is 48.5 Å². The third-order valence-electron chi connectivity index (χ3n) is 6.60. The molecule has 0 fully saturated rings. The van der Waals surface area contributed by atoms with E-state index < -0.39 is 29.7 Å². The zero-order valence-electron chi connectivity index (χ0n) is 26.0. The molecule has 9 nitrogen and oxygen atoms in total. The number of ether oxygens (including phenoxy) is 1. The number of hydrogen-bond donors (Lipinski definition) is 4. The van der Waals surface area contributed by atoms with Gasteiger partial charge >= 0.3 is 6.09 Å². The van der Waals surface area contributed by atoms with Crippen LogP contribution in [0.2, 0.25) is 0 Å². The first-order valence-electron chi connectivity index (χ1n) is 15.0. The van der Waals surface area contributed by atoms with Gasteiger partial charge in [-0.15, -0.1) is 0 Å². The van der Waals surface area contributed by atoms with Gasteiger partial charge in [0, 0.05) is 19.0 Å². The quantitative estimate of drug-likeness (QED) is 0.191. The summed E-state index contributed by atoms with van der Waals surface area (Å²) >= 11 is 0. The molecule has 0 aliphatic rings. The van der Waals surface area contributed by atoms with E-state index in [4.69, 9.17) is 4.74 Å². The number of carbonyl (C=O) groups excluding carboxylic acids is 3. The Labute approximate surface area is 250 Å². The number of phenols is 2. The van der Waals surface area contributed by atoms with Gasteiger partial charge in [-0.1, -0.05) is 63.3 Å². The second-order valence-corrected chi connectivity index (χ2v) is 12.0. The van der Waals surface area contributed by atoms with Crippen molar-refractivity contribution in [1.82, 2.24) is 15.5 Å². The van der Waals surface area contributed by atoms with Crippen LogP contribution in [-0.2, 0) is 20.7 Å². The summed E-state index contributed by atoms with van der Waals surface area (Å²) in [6, 6.07) is 10.5. The molecule has 0 heterocycles. The summed E-state index contributed by atoms with van der Waals surface area (Å²) in [4.78, 5) is 42.6. The molecule has 0 saturated heterocycles. The van der Waals surface area contributed by atoms with Crippen LogP contribution in [0.4, 0.5) is 4.79 Å². The molecule has 0 spiro atoms. The van der Waals surface area contributed by atoms with Crippen LogP contribution in [0.25, 0.3) is 0 Å². The van der Waals surface area contributed by atoms with E-state index in [1.54, 1.807) is 45.0 Å². The maximum absolute atomic E-state index is 14.4. The maximum atomic E-state index is 14.4. The topological polar surface area (TPSA) is 128 Å². The van der Waals surface area contributed by atoms with Gasteiger partial charge in [-0.3, -0.25) is 9.59 Å². The molecule has 0 aliphatic carbocycles. The Bertz CT molecular complexity index is 1130. The molecule has 2 atom stereocenters. The predicted octanol–water partition coefficient (Wildman–Crippen LogP) is 5.99. The number of benzene rings is 2. The number of carbonyl (C=O) groups is 3. The Morgan fingerprint density at radius 1 is 0.833 bits per heavy atom. The lowest BCUT2D eigenvalue weighted by Gasteiger charge is -2.35. The van der Waals surface area contributed by atoms with E-state index in [1.165, 1.54) is 29.2 Å². The average Bonchev–Trinajstić information content (AvgIpc) is 2.89. The molecule has 0 bridgehead atoms.